The molecular formula is C9H11N5O. The standard InChI is InChI=1S/C9H11N5O/c1-11-8(15)3-4-12-9-7(6-10)2-5-13-14-9/h2,5H,3-4H2,1H3,(H,11,15)(H,12,14). The van der Waals surface area contributed by atoms with E-state index >= 15 is 0 Å². The molecule has 0 aliphatic heterocycles. The first kappa shape index (κ1) is 10.9. The molecular weight excluding hydrogens is 194 g/mol. The zero-order chi connectivity index (χ0) is 11.1. The molecule has 15 heavy (non-hydrogen) atoms. The van der Waals surface area contributed by atoms with Crippen molar-refractivity contribution in [3.8, 4) is 6.07 Å². The molecule has 1 aromatic heterocycles. The first-order valence-corrected chi connectivity index (χ1v) is 4.44. The molecule has 1 heterocycles. The molecule has 0 aromatic carbocycles. The van der Waals surface area contributed by atoms with Gasteiger partial charge in [0.05, 0.1) is 11.8 Å². The van der Waals surface area contributed by atoms with Gasteiger partial charge in [-0.25, -0.2) is 0 Å². The van der Waals surface area contributed by atoms with Crippen molar-refractivity contribution in [2.24, 2.45) is 0 Å². The molecule has 0 radical (unpaired) electrons. The maximum Gasteiger partial charge on any atom is 0.221 e. The summed E-state index contributed by atoms with van der Waals surface area (Å²) in [6, 6.07) is 3.55. The second-order valence-electron chi connectivity index (χ2n) is 2.76. The van der Waals surface area contributed by atoms with E-state index in [4.69, 9.17) is 5.26 Å². The van der Waals surface area contributed by atoms with Crippen LogP contribution in [-0.2, 0) is 4.79 Å². The maximum absolute atomic E-state index is 10.9. The van der Waals surface area contributed by atoms with Gasteiger partial charge in [-0.1, -0.05) is 0 Å². The average molecular weight is 205 g/mol. The quantitative estimate of drug-likeness (QED) is 0.716. The molecule has 0 atom stereocenters. The van der Waals surface area contributed by atoms with Crippen molar-refractivity contribution in [3.63, 3.8) is 0 Å². The lowest BCUT2D eigenvalue weighted by atomic mass is 10.3. The van der Waals surface area contributed by atoms with Crippen LogP contribution in [0.2, 0.25) is 0 Å². The van der Waals surface area contributed by atoms with Gasteiger partial charge >= 0.3 is 0 Å². The second-order valence-corrected chi connectivity index (χ2v) is 2.76. The van der Waals surface area contributed by atoms with E-state index in [1.165, 1.54) is 6.20 Å². The Labute approximate surface area is 87.3 Å². The van der Waals surface area contributed by atoms with Gasteiger partial charge in [-0.15, -0.1) is 5.10 Å². The first-order chi connectivity index (χ1) is 7.27. The van der Waals surface area contributed by atoms with Crippen LogP contribution in [0.15, 0.2) is 12.3 Å². The van der Waals surface area contributed by atoms with Crippen LogP contribution in [0.4, 0.5) is 5.82 Å². The summed E-state index contributed by atoms with van der Waals surface area (Å²) in [7, 11) is 1.57. The molecule has 78 valence electrons. The number of nitrogens with zero attached hydrogens (tertiary/aromatic N) is 3. The Hall–Kier alpha value is -2.16. The summed E-state index contributed by atoms with van der Waals surface area (Å²) in [6.07, 6.45) is 1.78. The van der Waals surface area contributed by atoms with E-state index in [9.17, 15) is 4.79 Å². The fraction of sp³-hybridized carbons (Fsp3) is 0.333. The minimum atomic E-state index is -0.0649. The Bertz CT molecular complexity index is 384. The largest absolute Gasteiger partial charge is 0.367 e. The van der Waals surface area contributed by atoms with Crippen molar-refractivity contribution >= 4 is 11.7 Å². The Balaban J connectivity index is 2.51. The third kappa shape index (κ3) is 3.23. The minimum absolute atomic E-state index is 0.0649. The molecule has 0 fully saturated rings. The lowest BCUT2D eigenvalue weighted by Crippen LogP contribution is -2.21. The van der Waals surface area contributed by atoms with Gasteiger partial charge in [0.2, 0.25) is 5.91 Å². The molecule has 2 N–H and O–H groups in total. The molecule has 0 saturated heterocycles. The van der Waals surface area contributed by atoms with Crippen molar-refractivity contribution in [3.05, 3.63) is 17.8 Å². The summed E-state index contributed by atoms with van der Waals surface area (Å²) in [5.41, 5.74) is 0.418. The Morgan fingerprint density at radius 2 is 2.47 bits per heavy atom. The molecule has 1 amide bonds. The average Bonchev–Trinajstić information content (AvgIpc) is 2.29. The molecule has 1 rings (SSSR count). The fourth-order valence-corrected chi connectivity index (χ4v) is 0.972. The number of carbonyl (C=O) groups is 1. The maximum atomic E-state index is 10.9. The highest BCUT2D eigenvalue weighted by atomic mass is 16.1. The number of hydrogen-bond donors (Lipinski definition) is 2. The van der Waals surface area contributed by atoms with Crippen LogP contribution in [0.3, 0.4) is 0 Å². The highest BCUT2D eigenvalue weighted by molar-refractivity contribution is 5.76. The van der Waals surface area contributed by atoms with E-state index in [-0.39, 0.29) is 5.91 Å². The lowest BCUT2D eigenvalue weighted by molar-refractivity contribution is -0.120. The van der Waals surface area contributed by atoms with Crippen LogP contribution < -0.4 is 10.6 Å². The van der Waals surface area contributed by atoms with E-state index in [1.54, 1.807) is 13.1 Å². The summed E-state index contributed by atoms with van der Waals surface area (Å²) in [5.74, 6) is 0.341. The van der Waals surface area contributed by atoms with Crippen LogP contribution >= 0.6 is 0 Å². The van der Waals surface area contributed by atoms with Gasteiger partial charge in [0, 0.05) is 20.0 Å². The van der Waals surface area contributed by atoms with Crippen LogP contribution in [0.25, 0.3) is 0 Å². The fourth-order valence-electron chi connectivity index (χ4n) is 0.972. The summed E-state index contributed by atoms with van der Waals surface area (Å²) >= 11 is 0. The third-order valence-electron chi connectivity index (χ3n) is 1.76. The topological polar surface area (TPSA) is 90.7 Å². The van der Waals surface area contributed by atoms with Gasteiger partial charge < -0.3 is 10.6 Å². The van der Waals surface area contributed by atoms with Gasteiger partial charge in [0.25, 0.3) is 0 Å². The molecule has 6 heteroatoms. The number of aromatic nitrogens is 2. The van der Waals surface area contributed by atoms with Crippen molar-refractivity contribution in [1.82, 2.24) is 15.5 Å². The number of hydrogen-bond acceptors (Lipinski definition) is 5. The molecule has 0 saturated carbocycles. The van der Waals surface area contributed by atoms with E-state index < -0.39 is 0 Å². The predicted molar refractivity (Wildman–Crippen MR) is 53.9 cm³/mol. The molecule has 6 nitrogen and oxygen atoms in total. The summed E-state index contributed by atoms with van der Waals surface area (Å²) in [5, 5.41) is 21.5. The number of anilines is 1. The number of nitriles is 1. The van der Waals surface area contributed by atoms with Gasteiger partial charge in [0.15, 0.2) is 5.82 Å². The minimum Gasteiger partial charge on any atom is -0.367 e. The highest BCUT2D eigenvalue weighted by Gasteiger charge is 2.03. The summed E-state index contributed by atoms with van der Waals surface area (Å²) < 4.78 is 0. The summed E-state index contributed by atoms with van der Waals surface area (Å²) in [6.45, 7) is 0.424. The monoisotopic (exact) mass is 205 g/mol. The zero-order valence-electron chi connectivity index (χ0n) is 8.32. The Kier molecular flexibility index (Phi) is 4.04. The van der Waals surface area contributed by atoms with Crippen LogP contribution in [0, 0.1) is 11.3 Å². The van der Waals surface area contributed by atoms with Crippen molar-refractivity contribution in [2.45, 2.75) is 6.42 Å². The summed E-state index contributed by atoms with van der Waals surface area (Å²) in [4.78, 5) is 10.9. The van der Waals surface area contributed by atoms with E-state index in [0.29, 0.717) is 24.3 Å². The van der Waals surface area contributed by atoms with E-state index in [0.717, 1.165) is 0 Å². The van der Waals surface area contributed by atoms with Crippen molar-refractivity contribution in [1.29, 1.82) is 5.26 Å². The number of nitrogens with one attached hydrogen (secondary N) is 2. The number of carbonyl (C=O) groups excluding carboxylic acids is 1. The second kappa shape index (κ2) is 5.54. The third-order valence-corrected chi connectivity index (χ3v) is 1.76. The molecule has 0 aliphatic rings. The van der Waals surface area contributed by atoms with Gasteiger partial charge in [-0.3, -0.25) is 4.79 Å². The highest BCUT2D eigenvalue weighted by Crippen LogP contribution is 2.07. The number of amides is 1. The Morgan fingerprint density at radius 1 is 1.67 bits per heavy atom. The number of rotatable bonds is 4. The predicted octanol–water partition coefficient (Wildman–Crippen LogP) is -0.104. The smallest absolute Gasteiger partial charge is 0.221 e. The van der Waals surface area contributed by atoms with Gasteiger partial charge in [0.1, 0.15) is 6.07 Å². The SMILES string of the molecule is CNC(=O)CCNc1nnccc1C#N. The molecule has 1 aromatic rings. The van der Waals surface area contributed by atoms with Crippen molar-refractivity contribution < 1.29 is 4.79 Å². The van der Waals surface area contributed by atoms with Crippen LogP contribution in [0.1, 0.15) is 12.0 Å². The molecule has 0 spiro atoms. The lowest BCUT2D eigenvalue weighted by Gasteiger charge is -2.04. The van der Waals surface area contributed by atoms with Crippen molar-refractivity contribution in [2.75, 3.05) is 18.9 Å². The molecule has 0 bridgehead atoms. The van der Waals surface area contributed by atoms with E-state index in [1.807, 2.05) is 6.07 Å². The van der Waals surface area contributed by atoms with Gasteiger partial charge in [-0.2, -0.15) is 10.4 Å². The Morgan fingerprint density at radius 3 is 3.13 bits per heavy atom. The van der Waals surface area contributed by atoms with Crippen LogP contribution in [-0.4, -0.2) is 29.7 Å². The molecule has 0 unspecified atom stereocenters. The molecule has 0 aliphatic carbocycles. The zero-order valence-corrected chi connectivity index (χ0v) is 8.32. The normalized spacial score (nSPS) is 9.07. The van der Waals surface area contributed by atoms with E-state index in [2.05, 4.69) is 20.8 Å². The first-order valence-electron chi connectivity index (χ1n) is 4.44. The van der Waals surface area contributed by atoms with Crippen LogP contribution in [0.5, 0.6) is 0 Å². The van der Waals surface area contributed by atoms with Gasteiger partial charge in [-0.05, 0) is 6.07 Å².